The Balaban J connectivity index is 2.15. The van der Waals surface area contributed by atoms with Crippen LogP contribution in [-0.2, 0) is 6.54 Å². The van der Waals surface area contributed by atoms with Crippen molar-refractivity contribution >= 4 is 11.4 Å². The number of pyridine rings is 1. The first-order valence-corrected chi connectivity index (χ1v) is 6.19. The number of anilines is 1. The molecular formula is C14H15N3O4. The number of nitro groups is 1. The zero-order chi connectivity index (χ0) is 15.2. The summed E-state index contributed by atoms with van der Waals surface area (Å²) < 4.78 is 10.1. The van der Waals surface area contributed by atoms with Gasteiger partial charge in [0.25, 0.3) is 5.69 Å². The SMILES string of the molecule is COc1ccc([N+](=O)[O-])c(NCc2ccc(OC)nc2)c1. The Morgan fingerprint density at radius 1 is 1.24 bits per heavy atom. The summed E-state index contributed by atoms with van der Waals surface area (Å²) in [6.45, 7) is 0.408. The zero-order valence-electron chi connectivity index (χ0n) is 11.7. The molecule has 0 bridgehead atoms. The highest BCUT2D eigenvalue weighted by Crippen LogP contribution is 2.29. The van der Waals surface area contributed by atoms with E-state index in [2.05, 4.69) is 10.3 Å². The fraction of sp³-hybridized carbons (Fsp3) is 0.214. The van der Waals surface area contributed by atoms with Crippen molar-refractivity contribution < 1.29 is 14.4 Å². The standard InChI is InChI=1S/C14H15N3O4/c1-20-11-4-5-13(17(18)19)12(7-11)15-8-10-3-6-14(21-2)16-9-10/h3-7,9,15H,8H2,1-2H3. The maximum Gasteiger partial charge on any atom is 0.292 e. The average Bonchev–Trinajstić information content (AvgIpc) is 2.52. The molecule has 7 nitrogen and oxygen atoms in total. The van der Waals surface area contributed by atoms with Gasteiger partial charge in [-0.15, -0.1) is 0 Å². The quantitative estimate of drug-likeness (QED) is 0.649. The molecule has 1 heterocycles. The molecule has 2 aromatic rings. The third-order valence-corrected chi connectivity index (χ3v) is 2.89. The van der Waals surface area contributed by atoms with Gasteiger partial charge in [0.1, 0.15) is 11.4 Å². The van der Waals surface area contributed by atoms with Crippen LogP contribution in [0.15, 0.2) is 36.5 Å². The minimum Gasteiger partial charge on any atom is -0.497 e. The Hall–Kier alpha value is -2.83. The number of hydrogen-bond acceptors (Lipinski definition) is 6. The molecule has 0 amide bonds. The minimum absolute atomic E-state index is 0.00253. The third-order valence-electron chi connectivity index (χ3n) is 2.89. The second kappa shape index (κ2) is 6.56. The van der Waals surface area contributed by atoms with Gasteiger partial charge in [-0.25, -0.2) is 4.98 Å². The fourth-order valence-electron chi connectivity index (χ4n) is 1.78. The monoisotopic (exact) mass is 289 g/mol. The number of nitro benzene ring substituents is 1. The van der Waals surface area contributed by atoms with Gasteiger partial charge in [0.2, 0.25) is 5.88 Å². The van der Waals surface area contributed by atoms with Crippen molar-refractivity contribution in [3.05, 3.63) is 52.2 Å². The summed E-state index contributed by atoms with van der Waals surface area (Å²) in [6.07, 6.45) is 1.65. The smallest absolute Gasteiger partial charge is 0.292 e. The van der Waals surface area contributed by atoms with Crippen molar-refractivity contribution in [2.75, 3.05) is 19.5 Å². The number of benzene rings is 1. The van der Waals surface area contributed by atoms with Crippen LogP contribution in [0.25, 0.3) is 0 Å². The molecule has 110 valence electrons. The van der Waals surface area contributed by atoms with Crippen LogP contribution in [0, 0.1) is 10.1 Å². The molecule has 1 N–H and O–H groups in total. The van der Waals surface area contributed by atoms with Crippen molar-refractivity contribution in [2.24, 2.45) is 0 Å². The van der Waals surface area contributed by atoms with Crippen molar-refractivity contribution in [2.45, 2.75) is 6.54 Å². The lowest BCUT2D eigenvalue weighted by Gasteiger charge is -2.09. The second-order valence-corrected chi connectivity index (χ2v) is 4.20. The summed E-state index contributed by atoms with van der Waals surface area (Å²) >= 11 is 0. The first-order valence-electron chi connectivity index (χ1n) is 6.19. The van der Waals surface area contributed by atoms with Crippen LogP contribution in [0.2, 0.25) is 0 Å². The van der Waals surface area contributed by atoms with Crippen LogP contribution in [-0.4, -0.2) is 24.1 Å². The Labute approximate surface area is 121 Å². The average molecular weight is 289 g/mol. The largest absolute Gasteiger partial charge is 0.497 e. The van der Waals surface area contributed by atoms with Crippen LogP contribution < -0.4 is 14.8 Å². The Kier molecular flexibility index (Phi) is 4.55. The van der Waals surface area contributed by atoms with Gasteiger partial charge in [0.15, 0.2) is 0 Å². The van der Waals surface area contributed by atoms with Crippen LogP contribution in [0.4, 0.5) is 11.4 Å². The van der Waals surface area contributed by atoms with E-state index in [0.29, 0.717) is 23.9 Å². The molecule has 0 aliphatic heterocycles. The summed E-state index contributed by atoms with van der Waals surface area (Å²) in [7, 11) is 3.05. The summed E-state index contributed by atoms with van der Waals surface area (Å²) in [4.78, 5) is 14.7. The lowest BCUT2D eigenvalue weighted by molar-refractivity contribution is -0.384. The number of ether oxygens (including phenoxy) is 2. The van der Waals surface area contributed by atoms with Gasteiger partial charge in [-0.05, 0) is 11.6 Å². The van der Waals surface area contributed by atoms with E-state index in [1.165, 1.54) is 13.2 Å². The minimum atomic E-state index is -0.436. The number of nitrogens with one attached hydrogen (secondary N) is 1. The van der Waals surface area contributed by atoms with Gasteiger partial charge in [-0.2, -0.15) is 0 Å². The van der Waals surface area contributed by atoms with E-state index in [-0.39, 0.29) is 5.69 Å². The normalized spacial score (nSPS) is 10.0. The second-order valence-electron chi connectivity index (χ2n) is 4.20. The molecule has 0 unspecified atom stereocenters. The number of aromatic nitrogens is 1. The van der Waals surface area contributed by atoms with Crippen LogP contribution in [0.5, 0.6) is 11.6 Å². The third kappa shape index (κ3) is 3.59. The van der Waals surface area contributed by atoms with Crippen LogP contribution in [0.1, 0.15) is 5.56 Å². The highest BCUT2D eigenvalue weighted by Gasteiger charge is 2.14. The first kappa shape index (κ1) is 14.6. The summed E-state index contributed by atoms with van der Waals surface area (Å²) in [5.41, 5.74) is 1.28. The van der Waals surface area contributed by atoms with Gasteiger partial charge in [0.05, 0.1) is 19.1 Å². The number of nitrogens with zero attached hydrogens (tertiary/aromatic N) is 2. The zero-order valence-corrected chi connectivity index (χ0v) is 11.7. The molecule has 0 atom stereocenters. The van der Waals surface area contributed by atoms with E-state index in [1.54, 1.807) is 31.5 Å². The van der Waals surface area contributed by atoms with Crippen molar-refractivity contribution in [1.29, 1.82) is 0 Å². The van der Waals surface area contributed by atoms with Crippen molar-refractivity contribution in [3.63, 3.8) is 0 Å². The number of rotatable bonds is 6. The van der Waals surface area contributed by atoms with Gasteiger partial charge in [0, 0.05) is 30.9 Å². The van der Waals surface area contributed by atoms with Gasteiger partial charge < -0.3 is 14.8 Å². The molecule has 7 heteroatoms. The van der Waals surface area contributed by atoms with E-state index < -0.39 is 4.92 Å². The van der Waals surface area contributed by atoms with Crippen LogP contribution >= 0.6 is 0 Å². The lowest BCUT2D eigenvalue weighted by atomic mass is 10.2. The molecule has 0 aliphatic rings. The Bertz CT molecular complexity index is 629. The highest BCUT2D eigenvalue weighted by atomic mass is 16.6. The van der Waals surface area contributed by atoms with Crippen molar-refractivity contribution in [1.82, 2.24) is 4.98 Å². The lowest BCUT2D eigenvalue weighted by Crippen LogP contribution is -2.03. The van der Waals surface area contributed by atoms with Gasteiger partial charge in [-0.3, -0.25) is 10.1 Å². The van der Waals surface area contributed by atoms with Crippen molar-refractivity contribution in [3.8, 4) is 11.6 Å². The number of methoxy groups -OCH3 is 2. The molecule has 0 saturated heterocycles. The molecule has 0 saturated carbocycles. The molecule has 2 rings (SSSR count). The maximum atomic E-state index is 11.0. The Morgan fingerprint density at radius 3 is 2.62 bits per heavy atom. The van der Waals surface area contributed by atoms with E-state index in [1.807, 2.05) is 6.07 Å². The summed E-state index contributed by atoms with van der Waals surface area (Å²) in [6, 6.07) is 8.13. The summed E-state index contributed by atoms with van der Waals surface area (Å²) in [5, 5.41) is 14.0. The van der Waals surface area contributed by atoms with E-state index >= 15 is 0 Å². The molecule has 1 aromatic heterocycles. The van der Waals surface area contributed by atoms with Gasteiger partial charge >= 0.3 is 0 Å². The molecule has 0 radical (unpaired) electrons. The predicted octanol–water partition coefficient (Wildman–Crippen LogP) is 2.62. The molecule has 0 spiro atoms. The Morgan fingerprint density at radius 2 is 2.05 bits per heavy atom. The topological polar surface area (TPSA) is 86.5 Å². The summed E-state index contributed by atoms with van der Waals surface area (Å²) in [5.74, 6) is 1.07. The van der Waals surface area contributed by atoms with Gasteiger partial charge in [-0.1, -0.05) is 6.07 Å². The highest BCUT2D eigenvalue weighted by molar-refractivity contribution is 5.64. The fourth-order valence-corrected chi connectivity index (χ4v) is 1.78. The maximum absolute atomic E-state index is 11.0. The molecule has 21 heavy (non-hydrogen) atoms. The molecular weight excluding hydrogens is 274 g/mol. The number of hydrogen-bond donors (Lipinski definition) is 1. The first-order chi connectivity index (χ1) is 10.1. The van der Waals surface area contributed by atoms with Crippen LogP contribution in [0.3, 0.4) is 0 Å². The molecule has 1 aromatic carbocycles. The van der Waals surface area contributed by atoms with E-state index in [0.717, 1.165) is 5.56 Å². The van der Waals surface area contributed by atoms with E-state index in [4.69, 9.17) is 9.47 Å². The molecule has 0 fully saturated rings. The van der Waals surface area contributed by atoms with E-state index in [9.17, 15) is 10.1 Å². The molecule has 0 aliphatic carbocycles. The predicted molar refractivity (Wildman–Crippen MR) is 77.8 cm³/mol.